The lowest BCUT2D eigenvalue weighted by atomic mass is 10.00. The number of nitrogens with one attached hydrogen (secondary N) is 1. The normalized spacial score (nSPS) is 18.8. The van der Waals surface area contributed by atoms with Crippen LogP contribution in [0.1, 0.15) is 25.2 Å². The summed E-state index contributed by atoms with van der Waals surface area (Å²) < 4.78 is 5.53. The second-order valence-electron chi connectivity index (χ2n) is 6.46. The predicted octanol–water partition coefficient (Wildman–Crippen LogP) is 2.83. The highest BCUT2D eigenvalue weighted by atomic mass is 16.5. The molecular formula is C17H23N3O. The van der Waals surface area contributed by atoms with Crippen molar-refractivity contribution in [1.82, 2.24) is 15.4 Å². The highest BCUT2D eigenvalue weighted by Gasteiger charge is 2.30. The summed E-state index contributed by atoms with van der Waals surface area (Å²) in [5.74, 6) is 0.931. The smallest absolute Gasteiger partial charge is 0.151 e. The topological polar surface area (TPSA) is 41.3 Å². The SMILES string of the molecule is Cc1ccc(-c2cc(CN3CCNCC3(C)C)on2)cc1. The van der Waals surface area contributed by atoms with Gasteiger partial charge in [-0.05, 0) is 20.8 Å². The highest BCUT2D eigenvalue weighted by molar-refractivity contribution is 5.59. The number of aryl methyl sites for hydroxylation is 1. The molecule has 0 amide bonds. The van der Waals surface area contributed by atoms with Crippen molar-refractivity contribution in [3.05, 3.63) is 41.7 Å². The first-order valence-electron chi connectivity index (χ1n) is 7.53. The summed E-state index contributed by atoms with van der Waals surface area (Å²) in [5.41, 5.74) is 3.42. The van der Waals surface area contributed by atoms with Crippen LogP contribution in [-0.2, 0) is 6.54 Å². The van der Waals surface area contributed by atoms with Crippen molar-refractivity contribution in [1.29, 1.82) is 0 Å². The van der Waals surface area contributed by atoms with Gasteiger partial charge in [0.2, 0.25) is 0 Å². The van der Waals surface area contributed by atoms with Gasteiger partial charge >= 0.3 is 0 Å². The van der Waals surface area contributed by atoms with E-state index in [0.717, 1.165) is 43.2 Å². The largest absolute Gasteiger partial charge is 0.359 e. The van der Waals surface area contributed by atoms with E-state index in [1.807, 2.05) is 0 Å². The maximum absolute atomic E-state index is 5.53. The van der Waals surface area contributed by atoms with E-state index in [1.54, 1.807) is 0 Å². The molecule has 1 fully saturated rings. The zero-order valence-electron chi connectivity index (χ0n) is 13.0. The Bertz CT molecular complexity index is 601. The van der Waals surface area contributed by atoms with E-state index >= 15 is 0 Å². The Morgan fingerprint density at radius 3 is 2.76 bits per heavy atom. The summed E-state index contributed by atoms with van der Waals surface area (Å²) in [7, 11) is 0. The number of piperazine rings is 1. The van der Waals surface area contributed by atoms with Gasteiger partial charge in [0, 0.05) is 36.8 Å². The monoisotopic (exact) mass is 285 g/mol. The fourth-order valence-corrected chi connectivity index (χ4v) is 2.75. The number of hydrogen-bond donors (Lipinski definition) is 1. The summed E-state index contributed by atoms with van der Waals surface area (Å²) >= 11 is 0. The molecular weight excluding hydrogens is 262 g/mol. The van der Waals surface area contributed by atoms with Crippen molar-refractivity contribution in [2.45, 2.75) is 32.9 Å². The number of nitrogens with zero attached hydrogens (tertiary/aromatic N) is 2. The van der Waals surface area contributed by atoms with Gasteiger partial charge < -0.3 is 9.84 Å². The van der Waals surface area contributed by atoms with Crippen molar-refractivity contribution < 1.29 is 4.52 Å². The van der Waals surface area contributed by atoms with Crippen molar-refractivity contribution in [3.63, 3.8) is 0 Å². The van der Waals surface area contributed by atoms with Crippen LogP contribution in [0.4, 0.5) is 0 Å². The zero-order valence-corrected chi connectivity index (χ0v) is 13.0. The molecule has 112 valence electrons. The molecule has 0 bridgehead atoms. The molecule has 0 unspecified atom stereocenters. The van der Waals surface area contributed by atoms with E-state index in [0.29, 0.717) is 0 Å². The number of benzene rings is 1. The Morgan fingerprint density at radius 2 is 2.05 bits per heavy atom. The van der Waals surface area contributed by atoms with E-state index in [-0.39, 0.29) is 5.54 Å². The van der Waals surface area contributed by atoms with Gasteiger partial charge in [-0.2, -0.15) is 0 Å². The van der Waals surface area contributed by atoms with Crippen LogP contribution in [0.5, 0.6) is 0 Å². The highest BCUT2D eigenvalue weighted by Crippen LogP contribution is 2.23. The average molecular weight is 285 g/mol. The van der Waals surface area contributed by atoms with E-state index in [1.165, 1.54) is 5.56 Å². The molecule has 0 saturated carbocycles. The van der Waals surface area contributed by atoms with Crippen molar-refractivity contribution in [3.8, 4) is 11.3 Å². The first kappa shape index (κ1) is 14.3. The maximum atomic E-state index is 5.53. The van der Waals surface area contributed by atoms with E-state index in [9.17, 15) is 0 Å². The fraction of sp³-hybridized carbons (Fsp3) is 0.471. The number of rotatable bonds is 3. The van der Waals surface area contributed by atoms with E-state index in [4.69, 9.17) is 4.52 Å². The van der Waals surface area contributed by atoms with Gasteiger partial charge in [-0.1, -0.05) is 35.0 Å². The van der Waals surface area contributed by atoms with Gasteiger partial charge in [0.15, 0.2) is 5.76 Å². The van der Waals surface area contributed by atoms with E-state index in [2.05, 4.69) is 66.5 Å². The third-order valence-electron chi connectivity index (χ3n) is 4.23. The minimum atomic E-state index is 0.148. The third kappa shape index (κ3) is 3.17. The molecule has 1 N–H and O–H groups in total. The first-order chi connectivity index (χ1) is 10.0. The van der Waals surface area contributed by atoms with Gasteiger partial charge in [-0.15, -0.1) is 0 Å². The van der Waals surface area contributed by atoms with Crippen molar-refractivity contribution >= 4 is 0 Å². The fourth-order valence-electron chi connectivity index (χ4n) is 2.75. The molecule has 4 nitrogen and oxygen atoms in total. The first-order valence-corrected chi connectivity index (χ1v) is 7.53. The second-order valence-corrected chi connectivity index (χ2v) is 6.46. The van der Waals surface area contributed by atoms with Gasteiger partial charge in [-0.3, -0.25) is 4.90 Å². The van der Waals surface area contributed by atoms with Crippen molar-refractivity contribution in [2.75, 3.05) is 19.6 Å². The molecule has 1 saturated heterocycles. The number of aromatic nitrogens is 1. The predicted molar refractivity (Wildman–Crippen MR) is 84.0 cm³/mol. The summed E-state index contributed by atoms with van der Waals surface area (Å²) in [6.07, 6.45) is 0. The molecule has 0 radical (unpaired) electrons. The molecule has 0 aliphatic carbocycles. The minimum Gasteiger partial charge on any atom is -0.359 e. The van der Waals surface area contributed by atoms with E-state index < -0.39 is 0 Å². The average Bonchev–Trinajstić information content (AvgIpc) is 2.90. The molecule has 21 heavy (non-hydrogen) atoms. The van der Waals surface area contributed by atoms with Crippen LogP contribution in [-0.4, -0.2) is 35.2 Å². The lowest BCUT2D eigenvalue weighted by molar-refractivity contribution is 0.0730. The molecule has 1 aromatic heterocycles. The summed E-state index contributed by atoms with van der Waals surface area (Å²) in [6, 6.07) is 10.4. The van der Waals surface area contributed by atoms with Crippen molar-refractivity contribution in [2.24, 2.45) is 0 Å². The lowest BCUT2D eigenvalue weighted by Crippen LogP contribution is -2.57. The molecule has 2 aromatic rings. The quantitative estimate of drug-likeness (QED) is 0.941. The summed E-state index contributed by atoms with van der Waals surface area (Å²) in [6.45, 7) is 10.5. The molecule has 1 aliphatic heterocycles. The molecule has 1 aliphatic rings. The molecule has 2 heterocycles. The maximum Gasteiger partial charge on any atom is 0.151 e. The van der Waals surface area contributed by atoms with Crippen LogP contribution in [0, 0.1) is 6.92 Å². The molecule has 0 atom stereocenters. The van der Waals surface area contributed by atoms with Crippen LogP contribution in [0.15, 0.2) is 34.9 Å². The number of hydrogen-bond acceptors (Lipinski definition) is 4. The van der Waals surface area contributed by atoms with Gasteiger partial charge in [0.05, 0.1) is 6.54 Å². The molecule has 3 rings (SSSR count). The zero-order chi connectivity index (χ0) is 14.9. The lowest BCUT2D eigenvalue weighted by Gasteiger charge is -2.42. The van der Waals surface area contributed by atoms with Gasteiger partial charge in [0.1, 0.15) is 5.69 Å². The van der Waals surface area contributed by atoms with Crippen LogP contribution >= 0.6 is 0 Å². The molecule has 1 aromatic carbocycles. The Hall–Kier alpha value is -1.65. The standard InChI is InChI=1S/C17H23N3O/c1-13-4-6-14(7-5-13)16-10-15(21-19-16)11-20-9-8-18-12-17(20,2)3/h4-7,10,18H,8-9,11-12H2,1-3H3. The summed E-state index contributed by atoms with van der Waals surface area (Å²) in [5, 5.41) is 7.65. The second kappa shape index (κ2) is 5.62. The molecule has 0 spiro atoms. The van der Waals surface area contributed by atoms with Crippen LogP contribution < -0.4 is 5.32 Å². The third-order valence-corrected chi connectivity index (χ3v) is 4.23. The Balaban J connectivity index is 1.74. The Kier molecular flexibility index (Phi) is 3.83. The summed E-state index contributed by atoms with van der Waals surface area (Å²) in [4.78, 5) is 2.45. The minimum absolute atomic E-state index is 0.148. The van der Waals surface area contributed by atoms with Crippen LogP contribution in [0.3, 0.4) is 0 Å². The van der Waals surface area contributed by atoms with Crippen LogP contribution in [0.25, 0.3) is 11.3 Å². The van der Waals surface area contributed by atoms with Crippen LogP contribution in [0.2, 0.25) is 0 Å². The van der Waals surface area contributed by atoms with Gasteiger partial charge in [0.25, 0.3) is 0 Å². The Morgan fingerprint density at radius 1 is 1.29 bits per heavy atom. The molecule has 4 heteroatoms. The Labute approximate surface area is 126 Å². The van der Waals surface area contributed by atoms with Gasteiger partial charge in [-0.25, -0.2) is 0 Å².